The van der Waals surface area contributed by atoms with Crippen LogP contribution < -0.4 is 17.0 Å². The molecule has 76 valence electrons. The van der Waals surface area contributed by atoms with Gasteiger partial charge in [0.2, 0.25) is 5.96 Å². The summed E-state index contributed by atoms with van der Waals surface area (Å²) < 4.78 is 0. The predicted molar refractivity (Wildman–Crippen MR) is 54.1 cm³/mol. The monoisotopic (exact) mass is 185 g/mol. The summed E-state index contributed by atoms with van der Waals surface area (Å²) in [6, 6.07) is 0. The van der Waals surface area contributed by atoms with Gasteiger partial charge in [0.05, 0.1) is 6.54 Å². The fourth-order valence-corrected chi connectivity index (χ4v) is 1.61. The quantitative estimate of drug-likeness (QED) is 0.234. The predicted octanol–water partition coefficient (Wildman–Crippen LogP) is -0.751. The lowest BCUT2D eigenvalue weighted by Crippen LogP contribution is -2.53. The van der Waals surface area contributed by atoms with Crippen LogP contribution in [0.5, 0.6) is 0 Å². The van der Waals surface area contributed by atoms with Crippen LogP contribution in [0, 0.1) is 0 Å². The third kappa shape index (κ3) is 2.10. The first-order chi connectivity index (χ1) is 6.10. The Morgan fingerprint density at radius 3 is 2.46 bits per heavy atom. The minimum Gasteiger partial charge on any atom is -0.369 e. The van der Waals surface area contributed by atoms with E-state index in [4.69, 9.17) is 11.6 Å². The van der Waals surface area contributed by atoms with Crippen molar-refractivity contribution in [3.05, 3.63) is 0 Å². The molecule has 1 saturated carbocycles. The van der Waals surface area contributed by atoms with Gasteiger partial charge in [-0.15, -0.1) is 0 Å². The Labute approximate surface area is 79.1 Å². The van der Waals surface area contributed by atoms with Crippen molar-refractivity contribution in [1.82, 2.24) is 10.3 Å². The minimum absolute atomic E-state index is 0.224. The summed E-state index contributed by atoms with van der Waals surface area (Å²) in [5.41, 5.74) is 8.01. The van der Waals surface area contributed by atoms with Crippen LogP contribution in [0.1, 0.15) is 19.3 Å². The van der Waals surface area contributed by atoms with E-state index in [-0.39, 0.29) is 5.54 Å². The largest absolute Gasteiger partial charge is 0.369 e. The van der Waals surface area contributed by atoms with Crippen molar-refractivity contribution in [2.45, 2.75) is 24.8 Å². The van der Waals surface area contributed by atoms with E-state index in [1.54, 1.807) is 0 Å². The van der Waals surface area contributed by atoms with Gasteiger partial charge in [-0.3, -0.25) is 10.4 Å². The molecule has 0 aromatic rings. The van der Waals surface area contributed by atoms with E-state index in [2.05, 4.69) is 29.4 Å². The molecule has 0 radical (unpaired) electrons. The first kappa shape index (κ1) is 10.3. The standard InChI is InChI=1S/C8H19N5/c1-13(2)8(4-3-5-8)6-11-7(9)12-10/h3-6,10H2,1-2H3,(H3,9,11,12). The maximum absolute atomic E-state index is 5.45. The number of aliphatic imine (C=N–C) groups is 1. The number of likely N-dealkylation sites (N-methyl/N-ethyl adjacent to an activating group) is 1. The normalized spacial score (nSPS) is 21.4. The number of nitrogens with two attached hydrogens (primary N) is 2. The van der Waals surface area contributed by atoms with Gasteiger partial charge in [-0.25, -0.2) is 5.84 Å². The average Bonchev–Trinajstić information content (AvgIpc) is 2.01. The molecule has 5 N–H and O–H groups in total. The van der Waals surface area contributed by atoms with E-state index in [1.807, 2.05) is 0 Å². The molecule has 0 aliphatic heterocycles. The molecular formula is C8H19N5. The summed E-state index contributed by atoms with van der Waals surface area (Å²) in [4.78, 5) is 6.40. The van der Waals surface area contributed by atoms with Crippen LogP contribution in [0.3, 0.4) is 0 Å². The van der Waals surface area contributed by atoms with Crippen molar-refractivity contribution in [1.29, 1.82) is 0 Å². The molecule has 5 nitrogen and oxygen atoms in total. The van der Waals surface area contributed by atoms with E-state index < -0.39 is 0 Å². The van der Waals surface area contributed by atoms with Crippen LogP contribution >= 0.6 is 0 Å². The Kier molecular flexibility index (Phi) is 3.11. The number of hydrogen-bond acceptors (Lipinski definition) is 3. The Bertz CT molecular complexity index is 195. The zero-order valence-electron chi connectivity index (χ0n) is 8.38. The van der Waals surface area contributed by atoms with Gasteiger partial charge in [0.15, 0.2) is 0 Å². The van der Waals surface area contributed by atoms with Crippen molar-refractivity contribution >= 4 is 5.96 Å². The van der Waals surface area contributed by atoms with Crippen molar-refractivity contribution < 1.29 is 0 Å². The zero-order chi connectivity index (χ0) is 9.90. The van der Waals surface area contributed by atoms with Gasteiger partial charge in [-0.05, 0) is 33.4 Å². The molecule has 0 unspecified atom stereocenters. The lowest BCUT2D eigenvalue weighted by atomic mass is 9.76. The third-order valence-corrected chi connectivity index (χ3v) is 2.92. The van der Waals surface area contributed by atoms with Gasteiger partial charge in [-0.1, -0.05) is 0 Å². The Morgan fingerprint density at radius 1 is 1.54 bits per heavy atom. The van der Waals surface area contributed by atoms with Crippen molar-refractivity contribution in [2.75, 3.05) is 20.6 Å². The molecule has 0 saturated heterocycles. The van der Waals surface area contributed by atoms with Crippen molar-refractivity contribution in [3.8, 4) is 0 Å². The van der Waals surface area contributed by atoms with Crippen LogP contribution in [0.2, 0.25) is 0 Å². The second kappa shape index (κ2) is 3.93. The van der Waals surface area contributed by atoms with Crippen molar-refractivity contribution in [3.63, 3.8) is 0 Å². The van der Waals surface area contributed by atoms with Gasteiger partial charge < -0.3 is 10.6 Å². The molecule has 0 aromatic heterocycles. The SMILES string of the molecule is CN(C)C1(CN=C(N)NN)CCC1. The van der Waals surface area contributed by atoms with Gasteiger partial charge in [-0.2, -0.15) is 0 Å². The summed E-state index contributed by atoms with van der Waals surface area (Å²) >= 11 is 0. The highest BCUT2D eigenvalue weighted by Crippen LogP contribution is 2.36. The topological polar surface area (TPSA) is 79.7 Å². The smallest absolute Gasteiger partial charge is 0.203 e. The summed E-state index contributed by atoms with van der Waals surface area (Å²) in [7, 11) is 4.17. The van der Waals surface area contributed by atoms with Gasteiger partial charge >= 0.3 is 0 Å². The Hall–Kier alpha value is -0.810. The number of rotatable bonds is 3. The highest BCUT2D eigenvalue weighted by atomic mass is 15.3. The van der Waals surface area contributed by atoms with Crippen LogP contribution in [-0.2, 0) is 0 Å². The maximum atomic E-state index is 5.45. The summed E-state index contributed by atoms with van der Waals surface area (Å²) in [5.74, 6) is 5.43. The molecule has 0 spiro atoms. The second-order valence-corrected chi connectivity index (χ2v) is 3.82. The fourth-order valence-electron chi connectivity index (χ4n) is 1.61. The van der Waals surface area contributed by atoms with Gasteiger partial charge in [0, 0.05) is 5.54 Å². The van der Waals surface area contributed by atoms with Gasteiger partial charge in [0.25, 0.3) is 0 Å². The third-order valence-electron chi connectivity index (χ3n) is 2.92. The number of hydrogen-bond donors (Lipinski definition) is 3. The van der Waals surface area contributed by atoms with Crippen molar-refractivity contribution in [2.24, 2.45) is 16.6 Å². The molecule has 0 heterocycles. The van der Waals surface area contributed by atoms with Crippen LogP contribution in [-0.4, -0.2) is 37.0 Å². The molecule has 1 aliphatic rings. The average molecular weight is 185 g/mol. The lowest BCUT2D eigenvalue weighted by Gasteiger charge is -2.46. The Morgan fingerprint density at radius 2 is 2.15 bits per heavy atom. The lowest BCUT2D eigenvalue weighted by molar-refractivity contribution is 0.0699. The molecule has 0 aromatic carbocycles. The molecule has 1 rings (SSSR count). The van der Waals surface area contributed by atoms with E-state index in [1.165, 1.54) is 19.3 Å². The van der Waals surface area contributed by atoms with E-state index in [0.717, 1.165) is 6.54 Å². The molecule has 13 heavy (non-hydrogen) atoms. The van der Waals surface area contributed by atoms with Crippen LogP contribution in [0.4, 0.5) is 0 Å². The molecule has 5 heteroatoms. The van der Waals surface area contributed by atoms with Crippen LogP contribution in [0.15, 0.2) is 4.99 Å². The van der Waals surface area contributed by atoms with Gasteiger partial charge in [0.1, 0.15) is 0 Å². The number of hydrazine groups is 1. The highest BCUT2D eigenvalue weighted by molar-refractivity contribution is 5.77. The number of nitrogens with one attached hydrogen (secondary N) is 1. The molecule has 0 bridgehead atoms. The number of nitrogens with zero attached hydrogens (tertiary/aromatic N) is 2. The number of guanidine groups is 1. The molecule has 1 fully saturated rings. The second-order valence-electron chi connectivity index (χ2n) is 3.82. The van der Waals surface area contributed by atoms with Crippen LogP contribution in [0.25, 0.3) is 0 Å². The highest BCUT2D eigenvalue weighted by Gasteiger charge is 2.38. The first-order valence-electron chi connectivity index (χ1n) is 4.55. The maximum Gasteiger partial charge on any atom is 0.203 e. The molecule has 1 aliphatic carbocycles. The zero-order valence-corrected chi connectivity index (χ0v) is 8.38. The molecule has 0 atom stereocenters. The van der Waals surface area contributed by atoms with E-state index in [0.29, 0.717) is 5.96 Å². The fraction of sp³-hybridized carbons (Fsp3) is 0.875. The Balaban J connectivity index is 2.50. The summed E-state index contributed by atoms with van der Waals surface area (Å²) in [6.07, 6.45) is 3.67. The summed E-state index contributed by atoms with van der Waals surface area (Å²) in [6.45, 7) is 0.732. The van der Waals surface area contributed by atoms with E-state index >= 15 is 0 Å². The summed E-state index contributed by atoms with van der Waals surface area (Å²) in [5, 5.41) is 0. The molecular weight excluding hydrogens is 166 g/mol. The minimum atomic E-state index is 0.224. The van der Waals surface area contributed by atoms with E-state index in [9.17, 15) is 0 Å². The first-order valence-corrected chi connectivity index (χ1v) is 4.55. The molecule has 0 amide bonds.